The number of amides is 1. The highest BCUT2D eigenvalue weighted by Crippen LogP contribution is 2.20. The van der Waals surface area contributed by atoms with Crippen molar-refractivity contribution < 1.29 is 4.79 Å². The molecule has 3 rings (SSSR count). The summed E-state index contributed by atoms with van der Waals surface area (Å²) in [5.74, 6) is -0.195. The minimum Gasteiger partial charge on any atom is -0.322 e. The maximum absolute atomic E-state index is 12.6. The zero-order valence-corrected chi connectivity index (χ0v) is 12.3. The van der Waals surface area contributed by atoms with E-state index in [-0.39, 0.29) is 5.91 Å². The second-order valence-corrected chi connectivity index (χ2v) is 4.97. The van der Waals surface area contributed by atoms with Gasteiger partial charge in [-0.15, -0.1) is 5.10 Å². The standard InChI is InChI=1S/C16H15N5O/c1-11-6-5-8-14(12(11)2)18-16(22)13-7-3-4-9-15(13)21-10-17-19-20-21/h3-10H,1-2H3,(H,18,22). The Morgan fingerprint density at radius 1 is 1.09 bits per heavy atom. The van der Waals surface area contributed by atoms with E-state index in [2.05, 4.69) is 20.8 Å². The Balaban J connectivity index is 1.95. The van der Waals surface area contributed by atoms with E-state index in [4.69, 9.17) is 0 Å². The fourth-order valence-corrected chi connectivity index (χ4v) is 2.21. The van der Waals surface area contributed by atoms with Crippen molar-refractivity contribution in [1.82, 2.24) is 20.2 Å². The summed E-state index contributed by atoms with van der Waals surface area (Å²) < 4.78 is 1.47. The first-order valence-electron chi connectivity index (χ1n) is 6.87. The van der Waals surface area contributed by atoms with Gasteiger partial charge in [-0.2, -0.15) is 4.68 Å². The van der Waals surface area contributed by atoms with Crippen molar-refractivity contribution in [2.24, 2.45) is 0 Å². The third-order valence-corrected chi connectivity index (χ3v) is 3.60. The van der Waals surface area contributed by atoms with Crippen LogP contribution in [0.1, 0.15) is 21.5 Å². The lowest BCUT2D eigenvalue weighted by atomic mass is 10.1. The Morgan fingerprint density at radius 3 is 2.68 bits per heavy atom. The summed E-state index contributed by atoms with van der Waals surface area (Å²) in [6.07, 6.45) is 1.46. The quantitative estimate of drug-likeness (QED) is 0.805. The molecule has 22 heavy (non-hydrogen) atoms. The van der Waals surface area contributed by atoms with Crippen LogP contribution in [0.4, 0.5) is 5.69 Å². The molecule has 3 aromatic rings. The second-order valence-electron chi connectivity index (χ2n) is 4.97. The molecule has 0 bridgehead atoms. The molecule has 2 aromatic carbocycles. The van der Waals surface area contributed by atoms with Crippen LogP contribution in [0.25, 0.3) is 5.69 Å². The molecule has 1 N–H and O–H groups in total. The molecule has 0 fully saturated rings. The first-order chi connectivity index (χ1) is 10.7. The third-order valence-electron chi connectivity index (χ3n) is 3.60. The van der Waals surface area contributed by atoms with Gasteiger partial charge < -0.3 is 5.32 Å². The van der Waals surface area contributed by atoms with Gasteiger partial charge in [0.2, 0.25) is 0 Å². The number of aromatic nitrogens is 4. The van der Waals surface area contributed by atoms with Gasteiger partial charge in [0, 0.05) is 5.69 Å². The number of hydrogen-bond donors (Lipinski definition) is 1. The van der Waals surface area contributed by atoms with E-state index in [9.17, 15) is 4.79 Å². The molecule has 0 saturated carbocycles. The lowest BCUT2D eigenvalue weighted by molar-refractivity contribution is 0.102. The zero-order valence-electron chi connectivity index (χ0n) is 12.3. The normalized spacial score (nSPS) is 10.5. The Bertz CT molecular complexity index is 811. The summed E-state index contributed by atoms with van der Waals surface area (Å²) in [4.78, 5) is 12.6. The van der Waals surface area contributed by atoms with Gasteiger partial charge in [-0.3, -0.25) is 4.79 Å². The summed E-state index contributed by atoms with van der Waals surface area (Å²) >= 11 is 0. The summed E-state index contributed by atoms with van der Waals surface area (Å²) in [5.41, 5.74) is 4.13. The number of hydrogen-bond acceptors (Lipinski definition) is 4. The van der Waals surface area contributed by atoms with Crippen LogP contribution in [-0.2, 0) is 0 Å². The second kappa shape index (κ2) is 5.77. The van der Waals surface area contributed by atoms with Crippen molar-refractivity contribution in [3.8, 4) is 5.69 Å². The van der Waals surface area contributed by atoms with Crippen LogP contribution in [-0.4, -0.2) is 26.1 Å². The molecule has 0 aliphatic rings. The highest BCUT2D eigenvalue weighted by atomic mass is 16.1. The minimum atomic E-state index is -0.195. The third kappa shape index (κ3) is 2.58. The Labute approximate surface area is 127 Å². The van der Waals surface area contributed by atoms with Crippen molar-refractivity contribution in [2.45, 2.75) is 13.8 Å². The first kappa shape index (κ1) is 13.9. The molecule has 110 valence electrons. The minimum absolute atomic E-state index is 0.195. The number of nitrogens with one attached hydrogen (secondary N) is 1. The van der Waals surface area contributed by atoms with E-state index in [0.717, 1.165) is 16.8 Å². The molecule has 0 atom stereocenters. The molecule has 6 nitrogen and oxygen atoms in total. The largest absolute Gasteiger partial charge is 0.322 e. The highest BCUT2D eigenvalue weighted by molar-refractivity contribution is 6.07. The van der Waals surface area contributed by atoms with E-state index >= 15 is 0 Å². The summed E-state index contributed by atoms with van der Waals surface area (Å²) in [6, 6.07) is 13.0. The van der Waals surface area contributed by atoms with Gasteiger partial charge in [-0.05, 0) is 53.6 Å². The summed E-state index contributed by atoms with van der Waals surface area (Å²) in [6.45, 7) is 4.00. The number of para-hydroxylation sites is 1. The summed E-state index contributed by atoms with van der Waals surface area (Å²) in [7, 11) is 0. The monoisotopic (exact) mass is 293 g/mol. The van der Waals surface area contributed by atoms with Crippen LogP contribution in [0.5, 0.6) is 0 Å². The number of tetrazole rings is 1. The number of benzene rings is 2. The van der Waals surface area contributed by atoms with Crippen LogP contribution in [0.15, 0.2) is 48.8 Å². The predicted octanol–water partition coefficient (Wildman–Crippen LogP) is 2.53. The van der Waals surface area contributed by atoms with E-state index in [1.807, 2.05) is 44.2 Å². The first-order valence-corrected chi connectivity index (χ1v) is 6.87. The molecule has 0 spiro atoms. The van der Waals surface area contributed by atoms with E-state index in [1.54, 1.807) is 12.1 Å². The molecule has 1 aromatic heterocycles. The van der Waals surface area contributed by atoms with Crippen molar-refractivity contribution in [3.05, 3.63) is 65.5 Å². The molecule has 6 heteroatoms. The molecule has 0 aliphatic heterocycles. The van der Waals surface area contributed by atoms with Gasteiger partial charge >= 0.3 is 0 Å². The van der Waals surface area contributed by atoms with Crippen molar-refractivity contribution in [3.63, 3.8) is 0 Å². The van der Waals surface area contributed by atoms with E-state index in [1.165, 1.54) is 11.0 Å². The molecule has 0 saturated heterocycles. The average molecular weight is 293 g/mol. The maximum Gasteiger partial charge on any atom is 0.257 e. The van der Waals surface area contributed by atoms with Crippen LogP contribution < -0.4 is 5.32 Å². The van der Waals surface area contributed by atoms with Gasteiger partial charge in [-0.25, -0.2) is 0 Å². The van der Waals surface area contributed by atoms with E-state index < -0.39 is 0 Å². The number of nitrogens with zero attached hydrogens (tertiary/aromatic N) is 4. The van der Waals surface area contributed by atoms with E-state index in [0.29, 0.717) is 11.3 Å². The van der Waals surface area contributed by atoms with Crippen LogP contribution >= 0.6 is 0 Å². The summed E-state index contributed by atoms with van der Waals surface area (Å²) in [5, 5.41) is 14.0. The van der Waals surface area contributed by atoms with Gasteiger partial charge in [0.1, 0.15) is 6.33 Å². The molecule has 1 amide bonds. The molecule has 0 unspecified atom stereocenters. The number of rotatable bonds is 3. The smallest absolute Gasteiger partial charge is 0.257 e. The number of anilines is 1. The molecule has 0 aliphatic carbocycles. The van der Waals surface area contributed by atoms with Crippen LogP contribution in [0, 0.1) is 13.8 Å². The van der Waals surface area contributed by atoms with Gasteiger partial charge in [0.15, 0.2) is 0 Å². The highest BCUT2D eigenvalue weighted by Gasteiger charge is 2.14. The number of carbonyl (C=O) groups excluding carboxylic acids is 1. The number of aryl methyl sites for hydroxylation is 1. The topological polar surface area (TPSA) is 72.7 Å². The number of carbonyl (C=O) groups is 1. The van der Waals surface area contributed by atoms with Crippen LogP contribution in [0.2, 0.25) is 0 Å². The Hall–Kier alpha value is -3.02. The molecule has 0 radical (unpaired) electrons. The van der Waals surface area contributed by atoms with Crippen LogP contribution in [0.3, 0.4) is 0 Å². The fourth-order valence-electron chi connectivity index (χ4n) is 2.21. The lowest BCUT2D eigenvalue weighted by Crippen LogP contribution is -2.16. The zero-order chi connectivity index (χ0) is 15.5. The Kier molecular flexibility index (Phi) is 3.65. The Morgan fingerprint density at radius 2 is 1.91 bits per heavy atom. The SMILES string of the molecule is Cc1cccc(NC(=O)c2ccccc2-n2cnnn2)c1C. The predicted molar refractivity (Wildman–Crippen MR) is 83.0 cm³/mol. The van der Waals surface area contributed by atoms with Gasteiger partial charge in [0.25, 0.3) is 5.91 Å². The van der Waals surface area contributed by atoms with Gasteiger partial charge in [-0.1, -0.05) is 24.3 Å². The molecular formula is C16H15N5O. The van der Waals surface area contributed by atoms with Crippen molar-refractivity contribution in [1.29, 1.82) is 0 Å². The fraction of sp³-hybridized carbons (Fsp3) is 0.125. The average Bonchev–Trinajstić information content (AvgIpc) is 3.06. The van der Waals surface area contributed by atoms with Crippen molar-refractivity contribution in [2.75, 3.05) is 5.32 Å². The maximum atomic E-state index is 12.6. The molecule has 1 heterocycles. The van der Waals surface area contributed by atoms with Crippen molar-refractivity contribution >= 4 is 11.6 Å². The van der Waals surface area contributed by atoms with Gasteiger partial charge in [0.05, 0.1) is 11.3 Å². The molecular weight excluding hydrogens is 278 g/mol. The lowest BCUT2D eigenvalue weighted by Gasteiger charge is -2.12.